The van der Waals surface area contributed by atoms with Gasteiger partial charge in [0.1, 0.15) is 0 Å². The van der Waals surface area contributed by atoms with E-state index in [1.807, 2.05) is 0 Å². The molecule has 6 heteroatoms. The molecule has 2 rings (SSSR count). The molecule has 2 atom stereocenters. The summed E-state index contributed by atoms with van der Waals surface area (Å²) in [6.07, 6.45) is 4.07. The Bertz CT molecular complexity index is 350. The van der Waals surface area contributed by atoms with Crippen LogP contribution in [-0.4, -0.2) is 27.5 Å². The molecule has 2 unspecified atom stereocenters. The molecule has 84 valence electrons. The van der Waals surface area contributed by atoms with Gasteiger partial charge in [-0.25, -0.2) is 4.98 Å². The second kappa shape index (κ2) is 5.39. The van der Waals surface area contributed by atoms with Crippen LogP contribution in [0.4, 0.5) is 0 Å². The van der Waals surface area contributed by atoms with Gasteiger partial charge >= 0.3 is 0 Å². The molecule has 0 radical (unpaired) electrons. The van der Waals surface area contributed by atoms with Crippen molar-refractivity contribution in [2.24, 2.45) is 0 Å². The van der Waals surface area contributed by atoms with Gasteiger partial charge in [-0.05, 0) is 19.4 Å². The molecule has 1 aliphatic rings. The molecule has 3 nitrogen and oxygen atoms in total. The average Bonchev–Trinajstić information content (AvgIpc) is 2.77. The lowest BCUT2D eigenvalue weighted by Gasteiger charge is -2.08. The van der Waals surface area contributed by atoms with Gasteiger partial charge in [-0.15, -0.1) is 11.3 Å². The SMILES string of the molecule is O=S(Cc1cnc(Cl)s1)CC1CCCN1. The summed E-state index contributed by atoms with van der Waals surface area (Å²) in [5.74, 6) is 1.33. The molecular weight excluding hydrogens is 252 g/mol. The quantitative estimate of drug-likeness (QED) is 0.902. The second-order valence-electron chi connectivity index (χ2n) is 3.62. The Labute approximate surface area is 101 Å². The van der Waals surface area contributed by atoms with Gasteiger partial charge < -0.3 is 5.32 Å². The summed E-state index contributed by atoms with van der Waals surface area (Å²) in [6.45, 7) is 1.06. The van der Waals surface area contributed by atoms with E-state index >= 15 is 0 Å². The topological polar surface area (TPSA) is 42.0 Å². The second-order valence-corrected chi connectivity index (χ2v) is 6.82. The first kappa shape index (κ1) is 11.5. The average molecular weight is 265 g/mol. The fraction of sp³-hybridized carbons (Fsp3) is 0.667. The van der Waals surface area contributed by atoms with E-state index in [1.54, 1.807) is 6.20 Å². The van der Waals surface area contributed by atoms with Crippen LogP contribution in [0, 0.1) is 0 Å². The van der Waals surface area contributed by atoms with Crippen LogP contribution in [0.1, 0.15) is 17.7 Å². The summed E-state index contributed by atoms with van der Waals surface area (Å²) in [7, 11) is -0.798. The maximum Gasteiger partial charge on any atom is 0.183 e. The Kier molecular flexibility index (Phi) is 4.13. The molecule has 0 bridgehead atoms. The van der Waals surface area contributed by atoms with Crippen LogP contribution in [0.3, 0.4) is 0 Å². The smallest absolute Gasteiger partial charge is 0.183 e. The highest BCUT2D eigenvalue weighted by molar-refractivity contribution is 7.84. The van der Waals surface area contributed by atoms with Crippen LogP contribution < -0.4 is 5.32 Å². The molecule has 15 heavy (non-hydrogen) atoms. The lowest BCUT2D eigenvalue weighted by molar-refractivity contribution is 0.643. The van der Waals surface area contributed by atoms with E-state index in [9.17, 15) is 4.21 Å². The van der Waals surface area contributed by atoms with E-state index in [0.29, 0.717) is 16.3 Å². The van der Waals surface area contributed by atoms with Gasteiger partial charge in [0.25, 0.3) is 0 Å². The largest absolute Gasteiger partial charge is 0.313 e. The zero-order valence-electron chi connectivity index (χ0n) is 8.24. The lowest BCUT2D eigenvalue weighted by Crippen LogP contribution is -2.27. The van der Waals surface area contributed by atoms with E-state index in [1.165, 1.54) is 17.8 Å². The van der Waals surface area contributed by atoms with Gasteiger partial charge in [-0.3, -0.25) is 4.21 Å². The highest BCUT2D eigenvalue weighted by Crippen LogP contribution is 2.19. The first-order valence-corrected chi connectivity index (χ1v) is 7.61. The van der Waals surface area contributed by atoms with Crippen LogP contribution in [-0.2, 0) is 16.6 Å². The maximum atomic E-state index is 11.8. The molecule has 0 spiro atoms. The minimum atomic E-state index is -0.798. The van der Waals surface area contributed by atoms with Crippen molar-refractivity contribution in [3.63, 3.8) is 0 Å². The Balaban J connectivity index is 1.81. The fourth-order valence-corrected chi connectivity index (χ4v) is 4.34. The summed E-state index contributed by atoms with van der Waals surface area (Å²) in [6, 6.07) is 0.439. The van der Waals surface area contributed by atoms with Crippen molar-refractivity contribution in [3.05, 3.63) is 15.5 Å². The van der Waals surface area contributed by atoms with Crippen molar-refractivity contribution in [2.45, 2.75) is 24.6 Å². The Morgan fingerprint density at radius 3 is 3.20 bits per heavy atom. The minimum absolute atomic E-state index is 0.439. The molecule has 2 heterocycles. The summed E-state index contributed by atoms with van der Waals surface area (Å²) in [5, 5.41) is 3.35. The molecule has 1 saturated heterocycles. The Morgan fingerprint density at radius 2 is 2.60 bits per heavy atom. The maximum absolute atomic E-state index is 11.8. The van der Waals surface area contributed by atoms with Crippen molar-refractivity contribution in [2.75, 3.05) is 12.3 Å². The molecule has 0 saturated carbocycles. The molecule has 1 aromatic rings. The van der Waals surface area contributed by atoms with Crippen LogP contribution in [0.5, 0.6) is 0 Å². The van der Waals surface area contributed by atoms with Crippen LogP contribution in [0.25, 0.3) is 0 Å². The predicted octanol–water partition coefficient (Wildman–Crippen LogP) is 1.80. The number of nitrogens with one attached hydrogen (secondary N) is 1. The number of aromatic nitrogens is 1. The van der Waals surface area contributed by atoms with Gasteiger partial charge in [0, 0.05) is 33.7 Å². The minimum Gasteiger partial charge on any atom is -0.313 e. The van der Waals surface area contributed by atoms with E-state index in [2.05, 4.69) is 10.3 Å². The fourth-order valence-electron chi connectivity index (χ4n) is 1.69. The highest BCUT2D eigenvalue weighted by atomic mass is 35.5. The summed E-state index contributed by atoms with van der Waals surface area (Å²) in [5.41, 5.74) is 0. The third kappa shape index (κ3) is 3.52. The van der Waals surface area contributed by atoms with Gasteiger partial charge in [0.05, 0.1) is 5.75 Å². The summed E-state index contributed by atoms with van der Waals surface area (Å²) < 4.78 is 12.3. The van der Waals surface area contributed by atoms with Crippen molar-refractivity contribution < 1.29 is 4.21 Å². The Hall–Kier alpha value is 0.0300. The molecular formula is C9H13ClN2OS2. The van der Waals surface area contributed by atoms with Crippen molar-refractivity contribution in [1.29, 1.82) is 0 Å². The van der Waals surface area contributed by atoms with Gasteiger partial charge in [-0.2, -0.15) is 0 Å². The molecule has 1 fully saturated rings. The molecule has 1 aromatic heterocycles. The van der Waals surface area contributed by atoms with Gasteiger partial charge in [0.2, 0.25) is 0 Å². The first-order chi connectivity index (χ1) is 7.24. The number of rotatable bonds is 4. The Morgan fingerprint density at radius 1 is 1.73 bits per heavy atom. The number of thiazole rings is 1. The molecule has 0 aromatic carbocycles. The number of hydrogen-bond acceptors (Lipinski definition) is 4. The van der Waals surface area contributed by atoms with E-state index in [0.717, 1.165) is 23.6 Å². The molecule has 0 aliphatic carbocycles. The normalized spacial score (nSPS) is 23.1. The summed E-state index contributed by atoms with van der Waals surface area (Å²) in [4.78, 5) is 4.95. The first-order valence-electron chi connectivity index (χ1n) is 4.92. The van der Waals surface area contributed by atoms with Gasteiger partial charge in [-0.1, -0.05) is 11.6 Å². The van der Waals surface area contributed by atoms with Gasteiger partial charge in [0.15, 0.2) is 4.47 Å². The van der Waals surface area contributed by atoms with Crippen molar-refractivity contribution in [3.8, 4) is 0 Å². The lowest BCUT2D eigenvalue weighted by atomic mass is 10.3. The zero-order valence-corrected chi connectivity index (χ0v) is 10.6. The van der Waals surface area contributed by atoms with Crippen LogP contribution in [0.2, 0.25) is 4.47 Å². The van der Waals surface area contributed by atoms with Crippen molar-refractivity contribution in [1.82, 2.24) is 10.3 Å². The number of nitrogens with zero attached hydrogens (tertiary/aromatic N) is 1. The van der Waals surface area contributed by atoms with Crippen LogP contribution >= 0.6 is 22.9 Å². The van der Waals surface area contributed by atoms with Crippen LogP contribution in [0.15, 0.2) is 6.20 Å². The van der Waals surface area contributed by atoms with Crippen molar-refractivity contribution >= 4 is 33.7 Å². The standard InChI is InChI=1S/C9H13ClN2OS2/c10-9-12-4-8(14-9)6-15(13)5-7-2-1-3-11-7/h4,7,11H,1-3,5-6H2. The molecule has 1 N–H and O–H groups in total. The van der Waals surface area contributed by atoms with E-state index in [-0.39, 0.29) is 0 Å². The highest BCUT2D eigenvalue weighted by Gasteiger charge is 2.17. The zero-order chi connectivity index (χ0) is 10.7. The summed E-state index contributed by atoms with van der Waals surface area (Å²) >= 11 is 7.13. The van der Waals surface area contributed by atoms with E-state index in [4.69, 9.17) is 11.6 Å². The monoisotopic (exact) mass is 264 g/mol. The van der Waals surface area contributed by atoms with E-state index < -0.39 is 10.8 Å². The number of hydrogen-bond donors (Lipinski definition) is 1. The third-order valence-electron chi connectivity index (χ3n) is 2.38. The molecule has 1 aliphatic heterocycles. The number of halogens is 1. The third-order valence-corrected chi connectivity index (χ3v) is 5.08. The molecule has 0 amide bonds. The predicted molar refractivity (Wildman–Crippen MR) is 64.9 cm³/mol.